The van der Waals surface area contributed by atoms with Gasteiger partial charge < -0.3 is 15.1 Å². The zero-order valence-corrected chi connectivity index (χ0v) is 15.9. The number of aryl methyl sites for hydroxylation is 1. The number of urea groups is 1. The minimum absolute atomic E-state index is 0.207. The summed E-state index contributed by atoms with van der Waals surface area (Å²) < 4.78 is 0. The number of aromatic nitrogens is 2. The second-order valence-corrected chi connectivity index (χ2v) is 7.34. The predicted octanol–water partition coefficient (Wildman–Crippen LogP) is 2.70. The molecule has 1 aromatic heterocycles. The lowest BCUT2D eigenvalue weighted by molar-refractivity contribution is 0.251. The lowest BCUT2D eigenvalue weighted by Crippen LogP contribution is -2.47. The fourth-order valence-electron chi connectivity index (χ4n) is 3.38. The van der Waals surface area contributed by atoms with E-state index in [0.29, 0.717) is 11.9 Å². The van der Waals surface area contributed by atoms with Crippen LogP contribution >= 0.6 is 0 Å². The third-order valence-corrected chi connectivity index (χ3v) is 5.33. The molecule has 27 heavy (non-hydrogen) atoms. The molecule has 1 aliphatic carbocycles. The SMILES string of the molecule is Cc1cccc(N2CCN(c3ccc(NC(=O)NC4CC4)nn3)CC2)c1C. The van der Waals surface area contributed by atoms with Gasteiger partial charge in [-0.1, -0.05) is 12.1 Å². The highest BCUT2D eigenvalue weighted by atomic mass is 16.2. The molecule has 2 heterocycles. The number of carbonyl (C=O) groups is 1. The first-order valence-corrected chi connectivity index (χ1v) is 9.57. The van der Waals surface area contributed by atoms with Crippen molar-refractivity contribution in [3.63, 3.8) is 0 Å². The van der Waals surface area contributed by atoms with Crippen molar-refractivity contribution in [2.45, 2.75) is 32.7 Å². The van der Waals surface area contributed by atoms with Crippen molar-refractivity contribution in [2.75, 3.05) is 41.3 Å². The number of hydrogen-bond donors (Lipinski definition) is 2. The van der Waals surface area contributed by atoms with Gasteiger partial charge in [-0.05, 0) is 56.0 Å². The highest BCUT2D eigenvalue weighted by Crippen LogP contribution is 2.25. The first-order chi connectivity index (χ1) is 13.1. The Hall–Kier alpha value is -2.83. The summed E-state index contributed by atoms with van der Waals surface area (Å²) in [5, 5.41) is 14.1. The van der Waals surface area contributed by atoms with Crippen molar-refractivity contribution in [2.24, 2.45) is 0 Å². The molecular formula is C20H26N6O. The van der Waals surface area contributed by atoms with Gasteiger partial charge in [-0.3, -0.25) is 5.32 Å². The van der Waals surface area contributed by atoms with E-state index in [0.717, 1.165) is 44.8 Å². The summed E-state index contributed by atoms with van der Waals surface area (Å²) in [5.74, 6) is 1.33. The van der Waals surface area contributed by atoms with Gasteiger partial charge >= 0.3 is 6.03 Å². The van der Waals surface area contributed by atoms with Gasteiger partial charge in [0.05, 0.1) is 0 Å². The molecule has 7 heteroatoms. The lowest BCUT2D eigenvalue weighted by Gasteiger charge is -2.37. The fraction of sp³-hybridized carbons (Fsp3) is 0.450. The van der Waals surface area contributed by atoms with Crippen molar-refractivity contribution in [3.8, 4) is 0 Å². The summed E-state index contributed by atoms with van der Waals surface area (Å²) in [6, 6.07) is 10.3. The Balaban J connectivity index is 1.33. The second kappa shape index (κ2) is 7.42. The van der Waals surface area contributed by atoms with Crippen LogP contribution in [0, 0.1) is 13.8 Å². The molecule has 0 atom stereocenters. The van der Waals surface area contributed by atoms with Gasteiger partial charge in [-0.15, -0.1) is 10.2 Å². The summed E-state index contributed by atoms with van der Waals surface area (Å²) in [4.78, 5) is 16.4. The molecule has 0 unspecified atom stereocenters. The van der Waals surface area contributed by atoms with Crippen LogP contribution in [0.25, 0.3) is 0 Å². The molecule has 2 fully saturated rings. The quantitative estimate of drug-likeness (QED) is 0.870. The van der Waals surface area contributed by atoms with Crippen LogP contribution in [0.3, 0.4) is 0 Å². The Kier molecular flexibility index (Phi) is 4.83. The van der Waals surface area contributed by atoms with E-state index >= 15 is 0 Å². The minimum atomic E-state index is -0.207. The number of nitrogens with one attached hydrogen (secondary N) is 2. The van der Waals surface area contributed by atoms with E-state index in [1.54, 1.807) is 0 Å². The third-order valence-electron chi connectivity index (χ3n) is 5.33. The molecule has 142 valence electrons. The van der Waals surface area contributed by atoms with Crippen LogP contribution in [0.5, 0.6) is 0 Å². The van der Waals surface area contributed by atoms with Crippen molar-refractivity contribution < 1.29 is 4.79 Å². The maximum Gasteiger partial charge on any atom is 0.320 e. The highest BCUT2D eigenvalue weighted by Gasteiger charge is 2.23. The number of hydrogen-bond acceptors (Lipinski definition) is 5. The van der Waals surface area contributed by atoms with E-state index in [9.17, 15) is 4.79 Å². The second-order valence-electron chi connectivity index (χ2n) is 7.34. The molecule has 1 aromatic carbocycles. The standard InChI is InChI=1S/C20H26N6O/c1-14-4-3-5-17(15(14)2)25-10-12-26(13-11-25)19-9-8-18(23-24-19)22-20(27)21-16-6-7-16/h3-5,8-9,16H,6-7,10-13H2,1-2H3,(H2,21,22,23,27). The molecule has 0 radical (unpaired) electrons. The van der Waals surface area contributed by atoms with E-state index in [4.69, 9.17) is 0 Å². The summed E-state index contributed by atoms with van der Waals surface area (Å²) in [6.07, 6.45) is 2.12. The first-order valence-electron chi connectivity index (χ1n) is 9.57. The topological polar surface area (TPSA) is 73.4 Å². The largest absolute Gasteiger partial charge is 0.368 e. The summed E-state index contributed by atoms with van der Waals surface area (Å²) in [7, 11) is 0. The van der Waals surface area contributed by atoms with E-state index < -0.39 is 0 Å². The molecule has 2 N–H and O–H groups in total. The molecule has 0 bridgehead atoms. The molecule has 1 saturated carbocycles. The number of anilines is 3. The van der Waals surface area contributed by atoms with Crippen LogP contribution in [0.15, 0.2) is 30.3 Å². The van der Waals surface area contributed by atoms with Crippen molar-refractivity contribution in [1.29, 1.82) is 0 Å². The van der Waals surface area contributed by atoms with Gasteiger partial charge in [0.2, 0.25) is 0 Å². The molecule has 2 aromatic rings. The molecule has 1 saturated heterocycles. The van der Waals surface area contributed by atoms with Gasteiger partial charge in [0.25, 0.3) is 0 Å². The molecule has 2 aliphatic rings. The van der Waals surface area contributed by atoms with Gasteiger partial charge in [-0.2, -0.15) is 0 Å². The van der Waals surface area contributed by atoms with Crippen LogP contribution in [0.1, 0.15) is 24.0 Å². The molecule has 2 amide bonds. The zero-order chi connectivity index (χ0) is 18.8. The summed E-state index contributed by atoms with van der Waals surface area (Å²) >= 11 is 0. The first kappa shape index (κ1) is 17.6. The van der Waals surface area contributed by atoms with Crippen LogP contribution < -0.4 is 20.4 Å². The number of benzene rings is 1. The Bertz CT molecular complexity index is 810. The fourth-order valence-corrected chi connectivity index (χ4v) is 3.38. The molecule has 0 spiro atoms. The normalized spacial score (nSPS) is 17.0. The maximum atomic E-state index is 11.8. The number of rotatable bonds is 4. The number of amides is 2. The van der Waals surface area contributed by atoms with Gasteiger partial charge in [-0.25, -0.2) is 4.79 Å². The smallest absolute Gasteiger partial charge is 0.320 e. The molecular weight excluding hydrogens is 340 g/mol. The van der Waals surface area contributed by atoms with Gasteiger partial charge in [0.15, 0.2) is 11.6 Å². The van der Waals surface area contributed by atoms with Crippen molar-refractivity contribution in [3.05, 3.63) is 41.5 Å². The minimum Gasteiger partial charge on any atom is -0.368 e. The summed E-state index contributed by atoms with van der Waals surface area (Å²) in [5.41, 5.74) is 4.00. The maximum absolute atomic E-state index is 11.8. The molecule has 7 nitrogen and oxygen atoms in total. The number of piperazine rings is 1. The number of carbonyl (C=O) groups excluding carboxylic acids is 1. The Morgan fingerprint density at radius 3 is 2.41 bits per heavy atom. The van der Waals surface area contributed by atoms with Gasteiger partial charge in [0.1, 0.15) is 0 Å². The zero-order valence-electron chi connectivity index (χ0n) is 15.9. The highest BCUT2D eigenvalue weighted by molar-refractivity contribution is 5.88. The van der Waals surface area contributed by atoms with Crippen LogP contribution in [0.2, 0.25) is 0 Å². The van der Waals surface area contributed by atoms with Crippen LogP contribution in [-0.4, -0.2) is 48.4 Å². The van der Waals surface area contributed by atoms with Crippen molar-refractivity contribution in [1.82, 2.24) is 15.5 Å². The lowest BCUT2D eigenvalue weighted by atomic mass is 10.1. The van der Waals surface area contributed by atoms with E-state index in [1.807, 2.05) is 12.1 Å². The average molecular weight is 366 g/mol. The Morgan fingerprint density at radius 2 is 1.74 bits per heavy atom. The average Bonchev–Trinajstić information content (AvgIpc) is 3.49. The van der Waals surface area contributed by atoms with E-state index in [2.05, 4.69) is 62.7 Å². The van der Waals surface area contributed by atoms with Crippen molar-refractivity contribution >= 4 is 23.4 Å². The van der Waals surface area contributed by atoms with E-state index in [-0.39, 0.29) is 6.03 Å². The van der Waals surface area contributed by atoms with Gasteiger partial charge in [0, 0.05) is 37.9 Å². The monoisotopic (exact) mass is 366 g/mol. The summed E-state index contributed by atoms with van der Waals surface area (Å²) in [6.45, 7) is 8.05. The third kappa shape index (κ3) is 4.13. The molecule has 4 rings (SSSR count). The Morgan fingerprint density at radius 1 is 1.00 bits per heavy atom. The molecule has 1 aliphatic heterocycles. The van der Waals surface area contributed by atoms with E-state index in [1.165, 1.54) is 16.8 Å². The number of nitrogens with zero attached hydrogens (tertiary/aromatic N) is 4. The van der Waals surface area contributed by atoms with Crippen LogP contribution in [-0.2, 0) is 0 Å². The predicted molar refractivity (Wildman–Crippen MR) is 108 cm³/mol. The Labute approximate surface area is 159 Å². The van der Waals surface area contributed by atoms with Crippen LogP contribution in [0.4, 0.5) is 22.1 Å².